The summed E-state index contributed by atoms with van der Waals surface area (Å²) in [6, 6.07) is 10.2. The molecule has 0 saturated heterocycles. The topological polar surface area (TPSA) is 63.5 Å². The van der Waals surface area contributed by atoms with Crippen molar-refractivity contribution in [2.24, 2.45) is 4.99 Å². The molecule has 0 aliphatic heterocycles. The fourth-order valence-electron chi connectivity index (χ4n) is 2.75. The molecule has 2 aromatic rings. The predicted molar refractivity (Wildman–Crippen MR) is 107 cm³/mol. The van der Waals surface area contributed by atoms with Crippen molar-refractivity contribution in [1.29, 1.82) is 0 Å². The summed E-state index contributed by atoms with van der Waals surface area (Å²) in [5.74, 6) is 0.829. The van der Waals surface area contributed by atoms with E-state index in [1.807, 2.05) is 36.7 Å². The average molecular weight is 358 g/mol. The molecule has 2 rings (SSSR count). The monoisotopic (exact) mass is 357 g/mol. The van der Waals surface area contributed by atoms with E-state index in [4.69, 9.17) is 14.8 Å². The van der Waals surface area contributed by atoms with Crippen LogP contribution in [0.5, 0.6) is 0 Å². The fourth-order valence-corrected chi connectivity index (χ4v) is 2.75. The largest absolute Gasteiger partial charge is 0.382 e. The zero-order valence-electron chi connectivity index (χ0n) is 16.4. The van der Waals surface area contributed by atoms with Gasteiger partial charge >= 0.3 is 0 Å². The summed E-state index contributed by atoms with van der Waals surface area (Å²) >= 11 is 0. The predicted octanol–water partition coefficient (Wildman–Crippen LogP) is 2.97. The maximum atomic E-state index is 5.37. The summed E-state index contributed by atoms with van der Waals surface area (Å²) in [5.41, 5.74) is 4.39. The molecule has 1 aromatic heterocycles. The number of hydrogen-bond donors (Lipinski definition) is 2. The quantitative estimate of drug-likeness (QED) is 0.411. The number of aliphatic imine (C=N–C) groups is 1. The Kier molecular flexibility index (Phi) is 8.15. The van der Waals surface area contributed by atoms with Crippen molar-refractivity contribution in [2.75, 3.05) is 26.3 Å². The van der Waals surface area contributed by atoms with Crippen LogP contribution in [-0.4, -0.2) is 42.0 Å². The van der Waals surface area contributed by atoms with Gasteiger partial charge in [-0.15, -0.1) is 0 Å². The smallest absolute Gasteiger partial charge is 0.191 e. The molecule has 1 aromatic carbocycles. The zero-order valence-corrected chi connectivity index (χ0v) is 16.4. The highest BCUT2D eigenvalue weighted by atomic mass is 16.5. The minimum atomic E-state index is 0.602. The molecule has 0 aliphatic rings. The van der Waals surface area contributed by atoms with Gasteiger partial charge < -0.3 is 15.4 Å². The van der Waals surface area contributed by atoms with Gasteiger partial charge in [0.25, 0.3) is 0 Å². The minimum Gasteiger partial charge on any atom is -0.382 e. The van der Waals surface area contributed by atoms with Crippen molar-refractivity contribution in [3.05, 3.63) is 47.3 Å². The lowest BCUT2D eigenvalue weighted by Gasteiger charge is -2.11. The molecule has 0 aliphatic carbocycles. The van der Waals surface area contributed by atoms with Crippen molar-refractivity contribution in [1.82, 2.24) is 20.4 Å². The Labute approximate surface area is 156 Å². The molecule has 0 unspecified atom stereocenters. The highest BCUT2D eigenvalue weighted by Crippen LogP contribution is 2.18. The van der Waals surface area contributed by atoms with Crippen LogP contribution in [0, 0.1) is 13.8 Å². The first-order valence-corrected chi connectivity index (χ1v) is 9.37. The molecule has 6 nitrogen and oxygen atoms in total. The fraction of sp³-hybridized carbons (Fsp3) is 0.500. The van der Waals surface area contributed by atoms with E-state index in [-0.39, 0.29) is 0 Å². The second-order valence-electron chi connectivity index (χ2n) is 6.07. The van der Waals surface area contributed by atoms with E-state index in [1.165, 1.54) is 5.56 Å². The van der Waals surface area contributed by atoms with Crippen molar-refractivity contribution >= 4 is 5.96 Å². The first-order chi connectivity index (χ1) is 12.7. The second-order valence-corrected chi connectivity index (χ2v) is 6.07. The van der Waals surface area contributed by atoms with Crippen LogP contribution in [0.1, 0.15) is 37.2 Å². The first kappa shape index (κ1) is 20.0. The number of guanidine groups is 1. The Balaban J connectivity index is 2.05. The van der Waals surface area contributed by atoms with E-state index >= 15 is 0 Å². The number of hydrogen-bond acceptors (Lipinski definition) is 3. The highest BCUT2D eigenvalue weighted by molar-refractivity contribution is 5.79. The van der Waals surface area contributed by atoms with E-state index in [0.29, 0.717) is 6.54 Å². The van der Waals surface area contributed by atoms with E-state index in [0.717, 1.165) is 55.8 Å². The standard InChI is InChI=1S/C20H31N5O/c1-5-21-20(22-13-10-14-26-6-2)23-15-19-16(3)24-25(17(19)4)18-11-8-7-9-12-18/h7-9,11-12H,5-6,10,13-15H2,1-4H3,(H2,21,22,23). The van der Waals surface area contributed by atoms with Gasteiger partial charge in [-0.3, -0.25) is 0 Å². The molecule has 26 heavy (non-hydrogen) atoms. The van der Waals surface area contributed by atoms with Crippen molar-refractivity contribution in [2.45, 2.75) is 40.7 Å². The molecule has 0 fully saturated rings. The summed E-state index contributed by atoms with van der Waals surface area (Å²) in [4.78, 5) is 4.73. The molecule has 2 N–H and O–H groups in total. The number of nitrogens with one attached hydrogen (secondary N) is 2. The van der Waals surface area contributed by atoms with E-state index in [1.54, 1.807) is 0 Å². The van der Waals surface area contributed by atoms with E-state index in [9.17, 15) is 0 Å². The van der Waals surface area contributed by atoms with Gasteiger partial charge in [-0.1, -0.05) is 18.2 Å². The molecule has 0 bridgehead atoms. The molecule has 1 heterocycles. The van der Waals surface area contributed by atoms with E-state index in [2.05, 4.69) is 36.6 Å². The zero-order chi connectivity index (χ0) is 18.8. The lowest BCUT2D eigenvalue weighted by molar-refractivity contribution is 0.145. The molecule has 142 valence electrons. The van der Waals surface area contributed by atoms with E-state index < -0.39 is 0 Å². The number of rotatable bonds is 9. The highest BCUT2D eigenvalue weighted by Gasteiger charge is 2.12. The van der Waals surface area contributed by atoms with Crippen molar-refractivity contribution in [3.8, 4) is 5.69 Å². The lowest BCUT2D eigenvalue weighted by Crippen LogP contribution is -2.38. The Bertz CT molecular complexity index is 694. The molecule has 0 atom stereocenters. The Morgan fingerprint density at radius 2 is 1.92 bits per heavy atom. The van der Waals surface area contributed by atoms with Crippen LogP contribution in [0.3, 0.4) is 0 Å². The van der Waals surface area contributed by atoms with Gasteiger partial charge in [-0.05, 0) is 46.2 Å². The van der Waals surface area contributed by atoms with Gasteiger partial charge in [-0.25, -0.2) is 9.67 Å². The number of aromatic nitrogens is 2. The number of para-hydroxylation sites is 1. The minimum absolute atomic E-state index is 0.602. The normalized spacial score (nSPS) is 11.6. The first-order valence-electron chi connectivity index (χ1n) is 9.37. The number of benzene rings is 1. The van der Waals surface area contributed by atoms with Crippen molar-refractivity contribution in [3.63, 3.8) is 0 Å². The van der Waals surface area contributed by atoms with Gasteiger partial charge in [0.1, 0.15) is 0 Å². The van der Waals surface area contributed by atoms with Gasteiger partial charge in [0.2, 0.25) is 0 Å². The lowest BCUT2D eigenvalue weighted by atomic mass is 10.2. The van der Waals surface area contributed by atoms with Gasteiger partial charge in [0.05, 0.1) is 17.9 Å². The van der Waals surface area contributed by atoms with Crippen LogP contribution in [-0.2, 0) is 11.3 Å². The molecular weight excluding hydrogens is 326 g/mol. The summed E-state index contributed by atoms with van der Waals surface area (Å²) in [7, 11) is 0. The summed E-state index contributed by atoms with van der Waals surface area (Å²) in [6.45, 7) is 12.0. The number of aryl methyl sites for hydroxylation is 1. The Morgan fingerprint density at radius 1 is 1.15 bits per heavy atom. The maximum Gasteiger partial charge on any atom is 0.191 e. The molecule has 0 amide bonds. The third-order valence-electron chi connectivity index (χ3n) is 4.14. The van der Waals surface area contributed by atoms with Gasteiger partial charge in [0, 0.05) is 37.6 Å². The molecular formula is C20H31N5O. The molecule has 0 spiro atoms. The average Bonchev–Trinajstić information content (AvgIpc) is 2.94. The Morgan fingerprint density at radius 3 is 2.62 bits per heavy atom. The summed E-state index contributed by atoms with van der Waals surface area (Å²) in [6.07, 6.45) is 0.961. The summed E-state index contributed by atoms with van der Waals surface area (Å²) in [5, 5.41) is 11.3. The molecule has 0 saturated carbocycles. The van der Waals surface area contributed by atoms with Crippen LogP contribution in [0.25, 0.3) is 5.69 Å². The van der Waals surface area contributed by atoms with Crippen LogP contribution in [0.4, 0.5) is 0 Å². The van der Waals surface area contributed by atoms with Gasteiger partial charge in [-0.2, -0.15) is 5.10 Å². The third kappa shape index (κ3) is 5.59. The van der Waals surface area contributed by atoms with Crippen LogP contribution < -0.4 is 10.6 Å². The summed E-state index contributed by atoms with van der Waals surface area (Å²) < 4.78 is 7.36. The molecule has 0 radical (unpaired) electrons. The third-order valence-corrected chi connectivity index (χ3v) is 4.14. The van der Waals surface area contributed by atoms with Crippen LogP contribution in [0.15, 0.2) is 35.3 Å². The van der Waals surface area contributed by atoms with Gasteiger partial charge in [0.15, 0.2) is 5.96 Å². The van der Waals surface area contributed by atoms with Crippen molar-refractivity contribution < 1.29 is 4.74 Å². The SMILES string of the molecule is CCNC(=NCc1c(C)nn(-c2ccccc2)c1C)NCCCOCC. The number of nitrogens with zero attached hydrogens (tertiary/aromatic N) is 3. The second kappa shape index (κ2) is 10.6. The number of ether oxygens (including phenoxy) is 1. The van der Waals surface area contributed by atoms with Crippen LogP contribution >= 0.6 is 0 Å². The van der Waals surface area contributed by atoms with Crippen LogP contribution in [0.2, 0.25) is 0 Å². The Hall–Kier alpha value is -2.34. The molecule has 6 heteroatoms. The maximum absolute atomic E-state index is 5.37.